The highest BCUT2D eigenvalue weighted by molar-refractivity contribution is 6.30. The molecule has 41 heavy (non-hydrogen) atoms. The van der Waals surface area contributed by atoms with Gasteiger partial charge in [-0.1, -0.05) is 40.9 Å². The van der Waals surface area contributed by atoms with E-state index in [1.54, 1.807) is 12.1 Å². The number of rotatable bonds is 5. The minimum Gasteiger partial charge on any atom is -0.384 e. The third kappa shape index (κ3) is 7.04. The minimum atomic E-state index is -0.825. The average Bonchev–Trinajstić information content (AvgIpc) is 3.70. The first-order valence-electron chi connectivity index (χ1n) is 14.4. The van der Waals surface area contributed by atoms with Gasteiger partial charge in [0.2, 0.25) is 0 Å². The zero-order chi connectivity index (χ0) is 29.1. The van der Waals surface area contributed by atoms with Crippen LogP contribution in [-0.4, -0.2) is 75.5 Å². The number of pyridine rings is 3. The molecule has 0 aliphatic carbocycles. The van der Waals surface area contributed by atoms with Crippen LogP contribution in [0, 0.1) is 0 Å². The molecular formula is C31H39Cl3N6O. The van der Waals surface area contributed by atoms with Crippen LogP contribution >= 0.6 is 34.8 Å². The number of likely N-dealkylation sites (tertiary alicyclic amines) is 3. The Hall–Kier alpha value is -1.84. The average molecular weight is 618 g/mol. The molecule has 220 valence electrons. The molecule has 6 rings (SSSR count). The maximum atomic E-state index is 11.5. The lowest BCUT2D eigenvalue weighted by Gasteiger charge is -2.27. The highest BCUT2D eigenvalue weighted by Gasteiger charge is 2.32. The molecule has 0 bridgehead atoms. The van der Waals surface area contributed by atoms with Crippen LogP contribution < -0.4 is 0 Å². The molecule has 3 aliphatic rings. The molecule has 3 fully saturated rings. The predicted molar refractivity (Wildman–Crippen MR) is 166 cm³/mol. The number of aliphatic hydroxyl groups is 1. The molecule has 0 unspecified atom stereocenters. The van der Waals surface area contributed by atoms with Crippen LogP contribution in [0.1, 0.15) is 90.6 Å². The van der Waals surface area contributed by atoms with Crippen molar-refractivity contribution in [2.24, 2.45) is 0 Å². The van der Waals surface area contributed by atoms with Crippen LogP contribution in [0.2, 0.25) is 15.5 Å². The Labute approximate surface area is 258 Å². The number of nitrogens with zero attached hydrogens (tertiary/aromatic N) is 6. The summed E-state index contributed by atoms with van der Waals surface area (Å²) >= 11 is 18.2. The fourth-order valence-electron chi connectivity index (χ4n) is 6.63. The minimum absolute atomic E-state index is 0.240. The quantitative estimate of drug-likeness (QED) is 0.312. The van der Waals surface area contributed by atoms with Gasteiger partial charge in [0.15, 0.2) is 0 Å². The van der Waals surface area contributed by atoms with E-state index in [0.29, 0.717) is 21.5 Å². The second kappa shape index (κ2) is 13.6. The van der Waals surface area contributed by atoms with Gasteiger partial charge in [-0.05, 0) is 125 Å². The van der Waals surface area contributed by atoms with Crippen LogP contribution in [0.4, 0.5) is 0 Å². The van der Waals surface area contributed by atoms with Crippen molar-refractivity contribution < 1.29 is 5.11 Å². The summed E-state index contributed by atoms with van der Waals surface area (Å²) in [5.74, 6) is 0. The largest absolute Gasteiger partial charge is 0.384 e. The van der Waals surface area contributed by atoms with E-state index in [9.17, 15) is 5.11 Å². The summed E-state index contributed by atoms with van der Waals surface area (Å²) in [5.41, 5.74) is 4.97. The second-order valence-electron chi connectivity index (χ2n) is 11.5. The molecular weight excluding hydrogens is 579 g/mol. The summed E-state index contributed by atoms with van der Waals surface area (Å²) < 4.78 is 0. The highest BCUT2D eigenvalue weighted by Crippen LogP contribution is 2.41. The maximum absolute atomic E-state index is 11.5. The number of aromatic nitrogens is 3. The van der Waals surface area contributed by atoms with Crippen LogP contribution in [0.15, 0.2) is 42.9 Å². The molecule has 0 aromatic carbocycles. The summed E-state index contributed by atoms with van der Waals surface area (Å²) in [4.78, 5) is 19.7. The van der Waals surface area contributed by atoms with E-state index < -0.39 is 6.10 Å². The standard InChI is InChI=1S/C21H26Cl2N4O.C10H13ClN2/c1-26-7-3-5-17(26)15-11-24-19(22)9-13(15)21(28)14-10-20(23)25-12-16(14)18-6-4-8-27(18)2;1-13-6-2-3-9(13)8-4-5-10(11)12-7-8/h9-12,17-18,21,28H,3-8H2,1-2H3;4-5,7,9H,2-3,6H2,1H3/t17-,18-;9-/m00/s1. The van der Waals surface area contributed by atoms with Gasteiger partial charge < -0.3 is 5.11 Å². The third-order valence-corrected chi connectivity index (χ3v) is 9.51. The summed E-state index contributed by atoms with van der Waals surface area (Å²) in [7, 11) is 6.39. The first-order valence-corrected chi connectivity index (χ1v) is 15.6. The molecule has 3 aromatic heterocycles. The molecule has 3 atom stereocenters. The van der Waals surface area contributed by atoms with Gasteiger partial charge in [0, 0.05) is 36.7 Å². The third-order valence-electron chi connectivity index (χ3n) is 8.87. The topological polar surface area (TPSA) is 68.6 Å². The molecule has 0 spiro atoms. The monoisotopic (exact) mass is 616 g/mol. The fraction of sp³-hybridized carbons (Fsp3) is 0.516. The molecule has 3 aliphatic heterocycles. The number of halogens is 3. The van der Waals surface area contributed by atoms with Crippen LogP contribution in [0.25, 0.3) is 0 Å². The van der Waals surface area contributed by atoms with Crippen molar-refractivity contribution >= 4 is 34.8 Å². The lowest BCUT2D eigenvalue weighted by atomic mass is 9.90. The van der Waals surface area contributed by atoms with Gasteiger partial charge >= 0.3 is 0 Å². The van der Waals surface area contributed by atoms with Gasteiger partial charge in [-0.3, -0.25) is 14.7 Å². The van der Waals surface area contributed by atoms with Crippen molar-refractivity contribution in [2.75, 3.05) is 40.8 Å². The Morgan fingerprint density at radius 2 is 1.10 bits per heavy atom. The summed E-state index contributed by atoms with van der Waals surface area (Å²) in [6, 6.07) is 8.55. The van der Waals surface area contributed by atoms with Crippen LogP contribution in [0.5, 0.6) is 0 Å². The van der Waals surface area contributed by atoms with Crippen molar-refractivity contribution in [1.82, 2.24) is 29.7 Å². The smallest absolute Gasteiger partial charge is 0.129 e. The van der Waals surface area contributed by atoms with Crippen LogP contribution in [-0.2, 0) is 0 Å². The Kier molecular flexibility index (Phi) is 10.2. The molecule has 3 aromatic rings. The van der Waals surface area contributed by atoms with E-state index >= 15 is 0 Å². The van der Waals surface area contributed by atoms with Crippen LogP contribution in [0.3, 0.4) is 0 Å². The van der Waals surface area contributed by atoms with Crippen molar-refractivity contribution in [3.63, 3.8) is 0 Å². The maximum Gasteiger partial charge on any atom is 0.129 e. The Morgan fingerprint density at radius 3 is 1.49 bits per heavy atom. The molecule has 3 saturated heterocycles. The summed E-state index contributed by atoms with van der Waals surface area (Å²) in [6.07, 6.45) is 11.6. The number of hydrogen-bond donors (Lipinski definition) is 1. The molecule has 1 N–H and O–H groups in total. The number of aliphatic hydroxyl groups excluding tert-OH is 1. The van der Waals surface area contributed by atoms with Crippen molar-refractivity contribution in [1.29, 1.82) is 0 Å². The molecule has 0 radical (unpaired) electrons. The summed E-state index contributed by atoms with van der Waals surface area (Å²) in [5, 5.41) is 12.8. The van der Waals surface area contributed by atoms with Gasteiger partial charge in [-0.25, -0.2) is 15.0 Å². The van der Waals surface area contributed by atoms with E-state index in [4.69, 9.17) is 34.8 Å². The Morgan fingerprint density at radius 1 is 0.659 bits per heavy atom. The highest BCUT2D eigenvalue weighted by atomic mass is 35.5. The van der Waals surface area contributed by atoms with Gasteiger partial charge in [-0.2, -0.15) is 0 Å². The van der Waals surface area contributed by atoms with Gasteiger partial charge in [0.05, 0.1) is 0 Å². The first-order chi connectivity index (χ1) is 19.7. The van der Waals surface area contributed by atoms with E-state index in [1.807, 2.05) is 24.7 Å². The van der Waals surface area contributed by atoms with Gasteiger partial charge in [-0.15, -0.1) is 0 Å². The zero-order valence-electron chi connectivity index (χ0n) is 24.0. The Balaban J connectivity index is 0.000000216. The van der Waals surface area contributed by atoms with E-state index in [2.05, 4.69) is 56.9 Å². The van der Waals surface area contributed by atoms with Crippen molar-refractivity contribution in [2.45, 2.75) is 62.8 Å². The lowest BCUT2D eigenvalue weighted by Crippen LogP contribution is -2.22. The van der Waals surface area contributed by atoms with E-state index in [1.165, 1.54) is 24.9 Å². The van der Waals surface area contributed by atoms with Gasteiger partial charge in [0.1, 0.15) is 21.6 Å². The Bertz CT molecular complexity index is 1260. The molecule has 7 nitrogen and oxygen atoms in total. The summed E-state index contributed by atoms with van der Waals surface area (Å²) in [6.45, 7) is 3.28. The molecule has 0 amide bonds. The lowest BCUT2D eigenvalue weighted by molar-refractivity contribution is 0.209. The normalized spacial score (nSPS) is 23.8. The van der Waals surface area contributed by atoms with Gasteiger partial charge in [0.25, 0.3) is 0 Å². The predicted octanol–water partition coefficient (Wildman–Crippen LogP) is 6.90. The SMILES string of the molecule is CN1CCC[C@H]1c1ccc(Cl)nc1.CN1CCC[C@H]1c1cnc(Cl)cc1C(O)c1cc(Cl)ncc1[C@@H]1CCCN1C. The van der Waals surface area contributed by atoms with Crippen molar-refractivity contribution in [3.8, 4) is 0 Å². The first kappa shape index (κ1) is 30.6. The van der Waals surface area contributed by atoms with E-state index in [0.717, 1.165) is 61.0 Å². The number of hydrogen-bond acceptors (Lipinski definition) is 7. The van der Waals surface area contributed by atoms with E-state index in [-0.39, 0.29) is 12.1 Å². The van der Waals surface area contributed by atoms with Crippen molar-refractivity contribution in [3.05, 3.63) is 86.1 Å². The molecule has 6 heterocycles. The fourth-order valence-corrected chi connectivity index (χ4v) is 7.07. The molecule has 10 heteroatoms. The second-order valence-corrected chi connectivity index (χ2v) is 12.7. The molecule has 0 saturated carbocycles. The zero-order valence-corrected chi connectivity index (χ0v) is 26.2.